The molecule has 96 valence electrons. The van der Waals surface area contributed by atoms with E-state index in [2.05, 4.69) is 9.97 Å². The van der Waals surface area contributed by atoms with Crippen LogP contribution in [0.5, 0.6) is 5.75 Å². The molecule has 0 unspecified atom stereocenters. The lowest BCUT2D eigenvalue weighted by atomic mass is 10.2. The number of hydrogen-bond donors (Lipinski definition) is 0. The number of anilines is 1. The minimum absolute atomic E-state index is 0.208. The molecule has 3 rings (SSSR count). The van der Waals surface area contributed by atoms with Gasteiger partial charge in [0.05, 0.1) is 18.4 Å². The number of nitrogens with zero attached hydrogens (tertiary/aromatic N) is 3. The standard InChI is InChI=1S/C13H10ClN3O2/c14-9-1-2-12-11(7-9)17(5-6-19-12)13(18)10-8-15-3-4-16-10/h1-4,7-8H,5-6H2. The van der Waals surface area contributed by atoms with Crippen molar-refractivity contribution in [3.05, 3.63) is 47.5 Å². The normalized spacial score (nSPS) is 13.6. The Bertz CT molecular complexity index is 619. The van der Waals surface area contributed by atoms with Gasteiger partial charge in [0.25, 0.3) is 5.91 Å². The quantitative estimate of drug-likeness (QED) is 0.800. The van der Waals surface area contributed by atoms with Crippen LogP contribution < -0.4 is 9.64 Å². The van der Waals surface area contributed by atoms with E-state index in [1.807, 2.05) is 0 Å². The molecule has 1 aliphatic heterocycles. The maximum absolute atomic E-state index is 12.4. The number of amides is 1. The van der Waals surface area contributed by atoms with Gasteiger partial charge in [0, 0.05) is 17.4 Å². The lowest BCUT2D eigenvalue weighted by molar-refractivity contribution is 0.0971. The first-order valence-electron chi connectivity index (χ1n) is 5.76. The molecule has 0 fully saturated rings. The fraction of sp³-hybridized carbons (Fsp3) is 0.154. The van der Waals surface area contributed by atoms with Gasteiger partial charge in [-0.25, -0.2) is 4.98 Å². The molecule has 0 saturated heterocycles. The number of ether oxygens (including phenoxy) is 1. The summed E-state index contributed by atoms with van der Waals surface area (Å²) >= 11 is 5.97. The van der Waals surface area contributed by atoms with Crippen molar-refractivity contribution in [3.8, 4) is 5.75 Å². The van der Waals surface area contributed by atoms with E-state index in [-0.39, 0.29) is 5.91 Å². The van der Waals surface area contributed by atoms with Gasteiger partial charge in [0.2, 0.25) is 0 Å². The molecule has 2 aromatic rings. The summed E-state index contributed by atoms with van der Waals surface area (Å²) < 4.78 is 5.51. The van der Waals surface area contributed by atoms with Gasteiger partial charge in [-0.3, -0.25) is 9.78 Å². The largest absolute Gasteiger partial charge is 0.490 e. The molecule has 6 heteroatoms. The summed E-state index contributed by atoms with van der Waals surface area (Å²) in [4.78, 5) is 21.9. The third kappa shape index (κ3) is 2.24. The molecular weight excluding hydrogens is 266 g/mol. The number of fused-ring (bicyclic) bond motifs is 1. The molecule has 2 heterocycles. The minimum Gasteiger partial charge on any atom is -0.490 e. The van der Waals surface area contributed by atoms with Crippen molar-refractivity contribution in [2.75, 3.05) is 18.1 Å². The highest BCUT2D eigenvalue weighted by Crippen LogP contribution is 2.34. The van der Waals surface area contributed by atoms with Gasteiger partial charge in [-0.15, -0.1) is 0 Å². The second-order valence-electron chi connectivity index (χ2n) is 4.01. The van der Waals surface area contributed by atoms with Gasteiger partial charge in [-0.2, -0.15) is 0 Å². The maximum atomic E-state index is 12.4. The van der Waals surface area contributed by atoms with E-state index in [4.69, 9.17) is 16.3 Å². The molecule has 0 spiro atoms. The van der Waals surface area contributed by atoms with Crippen LogP contribution in [-0.4, -0.2) is 29.0 Å². The zero-order valence-electron chi connectivity index (χ0n) is 9.91. The Morgan fingerprint density at radius 1 is 1.37 bits per heavy atom. The third-order valence-corrected chi connectivity index (χ3v) is 3.05. The van der Waals surface area contributed by atoms with Crippen molar-refractivity contribution in [3.63, 3.8) is 0 Å². The molecule has 1 aliphatic rings. The molecular formula is C13H10ClN3O2. The van der Waals surface area contributed by atoms with Gasteiger partial charge >= 0.3 is 0 Å². The minimum atomic E-state index is -0.208. The van der Waals surface area contributed by atoms with Crippen LogP contribution >= 0.6 is 11.6 Å². The zero-order valence-corrected chi connectivity index (χ0v) is 10.7. The molecule has 0 aliphatic carbocycles. The second-order valence-corrected chi connectivity index (χ2v) is 4.44. The summed E-state index contributed by atoms with van der Waals surface area (Å²) in [6.45, 7) is 0.906. The molecule has 0 radical (unpaired) electrons. The van der Waals surface area contributed by atoms with Crippen LogP contribution in [0.15, 0.2) is 36.8 Å². The highest BCUT2D eigenvalue weighted by atomic mass is 35.5. The van der Waals surface area contributed by atoms with Crippen molar-refractivity contribution in [2.24, 2.45) is 0 Å². The first-order valence-corrected chi connectivity index (χ1v) is 6.14. The molecule has 1 aromatic carbocycles. The number of benzene rings is 1. The van der Waals surface area contributed by atoms with Crippen molar-refractivity contribution >= 4 is 23.2 Å². The van der Waals surface area contributed by atoms with Gasteiger partial charge in [-0.05, 0) is 18.2 Å². The van der Waals surface area contributed by atoms with Crippen LogP contribution in [0.3, 0.4) is 0 Å². The monoisotopic (exact) mass is 275 g/mol. The molecule has 1 aromatic heterocycles. The topological polar surface area (TPSA) is 55.3 Å². The summed E-state index contributed by atoms with van der Waals surface area (Å²) in [5, 5.41) is 0.557. The number of hydrogen-bond acceptors (Lipinski definition) is 4. The van der Waals surface area contributed by atoms with E-state index >= 15 is 0 Å². The van der Waals surface area contributed by atoms with Crippen molar-refractivity contribution < 1.29 is 9.53 Å². The summed E-state index contributed by atoms with van der Waals surface area (Å²) in [6, 6.07) is 5.20. The Labute approximate surface area is 114 Å². The van der Waals surface area contributed by atoms with Crippen LogP contribution in [0.25, 0.3) is 0 Å². The Hall–Kier alpha value is -2.14. The molecule has 0 atom stereocenters. The lowest BCUT2D eigenvalue weighted by Crippen LogP contribution is -2.38. The number of aromatic nitrogens is 2. The van der Waals surface area contributed by atoms with E-state index in [0.717, 1.165) is 0 Å². The summed E-state index contributed by atoms with van der Waals surface area (Å²) in [7, 11) is 0. The van der Waals surface area contributed by atoms with Crippen LogP contribution in [0, 0.1) is 0 Å². The van der Waals surface area contributed by atoms with Gasteiger partial charge in [0.1, 0.15) is 18.1 Å². The number of rotatable bonds is 1. The average molecular weight is 276 g/mol. The van der Waals surface area contributed by atoms with E-state index in [1.54, 1.807) is 23.1 Å². The fourth-order valence-corrected chi connectivity index (χ4v) is 2.12. The number of carbonyl (C=O) groups is 1. The van der Waals surface area contributed by atoms with Gasteiger partial charge in [-0.1, -0.05) is 11.6 Å². The number of carbonyl (C=O) groups excluding carboxylic acids is 1. The molecule has 0 N–H and O–H groups in total. The Kier molecular flexibility index (Phi) is 3.05. The van der Waals surface area contributed by atoms with Crippen molar-refractivity contribution in [2.45, 2.75) is 0 Å². The zero-order chi connectivity index (χ0) is 13.2. The smallest absolute Gasteiger partial charge is 0.278 e. The summed E-state index contributed by atoms with van der Waals surface area (Å²) in [5.74, 6) is 0.438. The highest BCUT2D eigenvalue weighted by molar-refractivity contribution is 6.31. The third-order valence-electron chi connectivity index (χ3n) is 2.81. The van der Waals surface area contributed by atoms with E-state index < -0.39 is 0 Å². The summed E-state index contributed by atoms with van der Waals surface area (Å²) in [5.41, 5.74) is 0.963. The Morgan fingerprint density at radius 3 is 3.05 bits per heavy atom. The maximum Gasteiger partial charge on any atom is 0.278 e. The molecule has 0 bridgehead atoms. The predicted octanol–water partition coefficient (Wildman–Crippen LogP) is 2.17. The number of halogens is 1. The SMILES string of the molecule is O=C(c1cnccn1)N1CCOc2ccc(Cl)cc21. The van der Waals surface area contributed by atoms with Crippen LogP contribution in [-0.2, 0) is 0 Å². The molecule has 1 amide bonds. The van der Waals surface area contributed by atoms with Crippen LogP contribution in [0.2, 0.25) is 5.02 Å². The van der Waals surface area contributed by atoms with Crippen LogP contribution in [0.4, 0.5) is 5.69 Å². The van der Waals surface area contributed by atoms with E-state index in [9.17, 15) is 4.79 Å². The predicted molar refractivity (Wildman–Crippen MR) is 70.7 cm³/mol. The highest BCUT2D eigenvalue weighted by Gasteiger charge is 2.25. The van der Waals surface area contributed by atoms with E-state index in [1.165, 1.54) is 18.6 Å². The Balaban J connectivity index is 2.00. The molecule has 5 nitrogen and oxygen atoms in total. The lowest BCUT2D eigenvalue weighted by Gasteiger charge is -2.29. The van der Waals surface area contributed by atoms with Crippen LogP contribution in [0.1, 0.15) is 10.5 Å². The van der Waals surface area contributed by atoms with Crippen molar-refractivity contribution in [1.29, 1.82) is 0 Å². The first-order chi connectivity index (χ1) is 9.25. The van der Waals surface area contributed by atoms with Crippen molar-refractivity contribution in [1.82, 2.24) is 9.97 Å². The summed E-state index contributed by atoms with van der Waals surface area (Å²) in [6.07, 6.45) is 4.47. The average Bonchev–Trinajstić information content (AvgIpc) is 2.47. The molecule has 19 heavy (non-hydrogen) atoms. The molecule has 0 saturated carbocycles. The second kappa shape index (κ2) is 4.85. The Morgan fingerprint density at radius 2 is 2.26 bits per heavy atom. The fourth-order valence-electron chi connectivity index (χ4n) is 1.95. The first kappa shape index (κ1) is 11.9. The van der Waals surface area contributed by atoms with Gasteiger partial charge < -0.3 is 9.64 Å². The van der Waals surface area contributed by atoms with E-state index in [0.29, 0.717) is 35.3 Å². The van der Waals surface area contributed by atoms with Gasteiger partial charge in [0.15, 0.2) is 0 Å².